The molecule has 1 saturated heterocycles. The number of amides is 1. The van der Waals surface area contributed by atoms with Gasteiger partial charge in [-0.15, -0.1) is 0 Å². The standard InChI is InChI=1S/C17H27N3O/c1-5-19-10-12-20(13-11-19)15-8-6-14(7-9-15)18-16(21)17(2,3)4/h6-9H,5,10-13H2,1-4H3,(H,18,21)/p+1. The van der Waals surface area contributed by atoms with Gasteiger partial charge in [0, 0.05) is 16.8 Å². The molecule has 0 aromatic heterocycles. The molecule has 1 aliphatic rings. The predicted molar refractivity (Wildman–Crippen MR) is 88.0 cm³/mol. The molecule has 1 heterocycles. The van der Waals surface area contributed by atoms with Crippen molar-refractivity contribution in [1.82, 2.24) is 0 Å². The summed E-state index contributed by atoms with van der Waals surface area (Å²) in [6.45, 7) is 13.9. The number of piperazine rings is 1. The SMILES string of the molecule is CC[NH+]1CCN(c2ccc(NC(=O)C(C)(C)C)cc2)CC1. The summed E-state index contributed by atoms with van der Waals surface area (Å²) in [7, 11) is 0. The van der Waals surface area contributed by atoms with Crippen molar-refractivity contribution < 1.29 is 9.69 Å². The zero-order valence-electron chi connectivity index (χ0n) is 13.7. The van der Waals surface area contributed by atoms with Crippen LogP contribution < -0.4 is 15.1 Å². The van der Waals surface area contributed by atoms with Gasteiger partial charge < -0.3 is 15.1 Å². The Labute approximate surface area is 128 Å². The minimum absolute atomic E-state index is 0.0513. The Morgan fingerprint density at radius 1 is 1.19 bits per heavy atom. The summed E-state index contributed by atoms with van der Waals surface area (Å²) in [4.78, 5) is 16.1. The second kappa shape index (κ2) is 6.48. The molecule has 1 amide bonds. The Hall–Kier alpha value is -1.55. The van der Waals surface area contributed by atoms with Crippen LogP contribution in [0.15, 0.2) is 24.3 Å². The quantitative estimate of drug-likeness (QED) is 0.883. The summed E-state index contributed by atoms with van der Waals surface area (Å²) in [5.41, 5.74) is 1.76. The van der Waals surface area contributed by atoms with E-state index in [4.69, 9.17) is 0 Å². The molecule has 0 bridgehead atoms. The number of nitrogens with zero attached hydrogens (tertiary/aromatic N) is 1. The maximum absolute atomic E-state index is 12.0. The molecular formula is C17H28N3O+. The normalized spacial score (nSPS) is 16.9. The fraction of sp³-hybridized carbons (Fsp3) is 0.588. The first-order valence-corrected chi connectivity index (χ1v) is 7.90. The van der Waals surface area contributed by atoms with Gasteiger partial charge >= 0.3 is 0 Å². The van der Waals surface area contributed by atoms with E-state index in [0.29, 0.717) is 0 Å². The van der Waals surface area contributed by atoms with E-state index >= 15 is 0 Å². The molecule has 0 atom stereocenters. The number of benzene rings is 1. The molecular weight excluding hydrogens is 262 g/mol. The van der Waals surface area contributed by atoms with E-state index in [1.165, 1.54) is 25.3 Å². The van der Waals surface area contributed by atoms with Crippen LogP contribution in [0.5, 0.6) is 0 Å². The van der Waals surface area contributed by atoms with Gasteiger partial charge in [0.25, 0.3) is 0 Å². The minimum Gasteiger partial charge on any atom is -0.360 e. The number of rotatable bonds is 3. The van der Waals surface area contributed by atoms with Crippen molar-refractivity contribution in [1.29, 1.82) is 0 Å². The zero-order chi connectivity index (χ0) is 15.5. The van der Waals surface area contributed by atoms with Crippen molar-refractivity contribution >= 4 is 17.3 Å². The minimum atomic E-state index is -0.363. The molecule has 1 aromatic carbocycles. The zero-order valence-corrected chi connectivity index (χ0v) is 13.7. The van der Waals surface area contributed by atoms with Crippen molar-refractivity contribution in [3.8, 4) is 0 Å². The van der Waals surface area contributed by atoms with Crippen molar-refractivity contribution in [2.75, 3.05) is 42.9 Å². The Morgan fingerprint density at radius 2 is 1.76 bits per heavy atom. The van der Waals surface area contributed by atoms with Crippen LogP contribution >= 0.6 is 0 Å². The molecule has 1 fully saturated rings. The van der Waals surface area contributed by atoms with Crippen LogP contribution in [0.3, 0.4) is 0 Å². The molecule has 2 N–H and O–H groups in total. The number of carbonyl (C=O) groups excluding carboxylic acids is 1. The van der Waals surface area contributed by atoms with Gasteiger partial charge in [-0.3, -0.25) is 4.79 Å². The Kier molecular flexibility index (Phi) is 4.88. The lowest BCUT2D eigenvalue weighted by atomic mass is 9.95. The van der Waals surface area contributed by atoms with Crippen LogP contribution in [-0.4, -0.2) is 38.6 Å². The largest absolute Gasteiger partial charge is 0.360 e. The fourth-order valence-electron chi connectivity index (χ4n) is 2.51. The molecule has 1 aliphatic heterocycles. The third-order valence-corrected chi connectivity index (χ3v) is 4.14. The molecule has 21 heavy (non-hydrogen) atoms. The lowest BCUT2D eigenvalue weighted by molar-refractivity contribution is -0.898. The molecule has 0 aliphatic carbocycles. The van der Waals surface area contributed by atoms with Crippen LogP contribution in [-0.2, 0) is 4.79 Å². The fourth-order valence-corrected chi connectivity index (χ4v) is 2.51. The van der Waals surface area contributed by atoms with Gasteiger partial charge in [-0.25, -0.2) is 0 Å². The van der Waals surface area contributed by atoms with E-state index in [0.717, 1.165) is 18.8 Å². The molecule has 4 nitrogen and oxygen atoms in total. The van der Waals surface area contributed by atoms with E-state index in [-0.39, 0.29) is 11.3 Å². The number of quaternary nitrogens is 1. The van der Waals surface area contributed by atoms with E-state index in [1.54, 1.807) is 4.90 Å². The molecule has 1 aromatic rings. The van der Waals surface area contributed by atoms with Crippen LogP contribution in [0.4, 0.5) is 11.4 Å². The second-order valence-electron chi connectivity index (χ2n) is 6.84. The second-order valence-corrected chi connectivity index (χ2v) is 6.84. The maximum Gasteiger partial charge on any atom is 0.229 e. The summed E-state index contributed by atoms with van der Waals surface area (Å²) in [5, 5.41) is 2.97. The highest BCUT2D eigenvalue weighted by Gasteiger charge is 2.21. The highest BCUT2D eigenvalue weighted by Crippen LogP contribution is 2.21. The third kappa shape index (κ3) is 4.21. The Morgan fingerprint density at radius 3 is 2.24 bits per heavy atom. The molecule has 2 rings (SSSR count). The van der Waals surface area contributed by atoms with E-state index < -0.39 is 0 Å². The number of hydrogen-bond acceptors (Lipinski definition) is 2. The Balaban J connectivity index is 1.95. The Bertz CT molecular complexity index is 468. The summed E-state index contributed by atoms with van der Waals surface area (Å²) in [6.07, 6.45) is 0. The van der Waals surface area contributed by atoms with Gasteiger partial charge in [-0.05, 0) is 31.2 Å². The molecule has 0 unspecified atom stereocenters. The first-order chi connectivity index (χ1) is 9.90. The summed E-state index contributed by atoms with van der Waals surface area (Å²) >= 11 is 0. The van der Waals surface area contributed by atoms with Gasteiger partial charge in [-0.1, -0.05) is 20.8 Å². The number of nitrogens with one attached hydrogen (secondary N) is 2. The number of anilines is 2. The number of likely N-dealkylation sites (N-methyl/N-ethyl adjacent to an activating group) is 1. The van der Waals surface area contributed by atoms with Crippen molar-refractivity contribution in [3.05, 3.63) is 24.3 Å². The van der Waals surface area contributed by atoms with Crippen molar-refractivity contribution in [3.63, 3.8) is 0 Å². The molecule has 0 radical (unpaired) electrons. The molecule has 116 valence electrons. The summed E-state index contributed by atoms with van der Waals surface area (Å²) in [5.74, 6) is 0.0513. The summed E-state index contributed by atoms with van der Waals surface area (Å²) < 4.78 is 0. The molecule has 4 heteroatoms. The van der Waals surface area contributed by atoms with Crippen LogP contribution in [0, 0.1) is 5.41 Å². The van der Waals surface area contributed by atoms with E-state index in [1.807, 2.05) is 32.9 Å². The van der Waals surface area contributed by atoms with E-state index in [9.17, 15) is 4.79 Å². The summed E-state index contributed by atoms with van der Waals surface area (Å²) in [6, 6.07) is 8.21. The highest BCUT2D eigenvalue weighted by atomic mass is 16.2. The third-order valence-electron chi connectivity index (χ3n) is 4.14. The average molecular weight is 290 g/mol. The van der Waals surface area contributed by atoms with Gasteiger partial charge in [0.2, 0.25) is 5.91 Å². The average Bonchev–Trinajstić information content (AvgIpc) is 2.47. The first kappa shape index (κ1) is 15.8. The molecule has 0 spiro atoms. The molecule has 0 saturated carbocycles. The highest BCUT2D eigenvalue weighted by molar-refractivity contribution is 5.94. The van der Waals surface area contributed by atoms with Crippen molar-refractivity contribution in [2.45, 2.75) is 27.7 Å². The maximum atomic E-state index is 12.0. The number of carbonyl (C=O) groups is 1. The van der Waals surface area contributed by atoms with E-state index in [2.05, 4.69) is 29.3 Å². The monoisotopic (exact) mass is 290 g/mol. The topological polar surface area (TPSA) is 36.8 Å². The van der Waals surface area contributed by atoms with Crippen LogP contribution in [0.2, 0.25) is 0 Å². The van der Waals surface area contributed by atoms with Crippen molar-refractivity contribution in [2.24, 2.45) is 5.41 Å². The van der Waals surface area contributed by atoms with Crippen LogP contribution in [0.1, 0.15) is 27.7 Å². The van der Waals surface area contributed by atoms with Gasteiger partial charge in [-0.2, -0.15) is 0 Å². The smallest absolute Gasteiger partial charge is 0.229 e. The van der Waals surface area contributed by atoms with Gasteiger partial charge in [0.05, 0.1) is 32.7 Å². The number of hydrogen-bond donors (Lipinski definition) is 2. The lowest BCUT2D eigenvalue weighted by Crippen LogP contribution is -3.14. The lowest BCUT2D eigenvalue weighted by Gasteiger charge is -2.33. The van der Waals surface area contributed by atoms with Gasteiger partial charge in [0.15, 0.2) is 0 Å². The first-order valence-electron chi connectivity index (χ1n) is 7.90. The predicted octanol–water partition coefficient (Wildman–Crippen LogP) is 1.40. The van der Waals surface area contributed by atoms with Gasteiger partial charge in [0.1, 0.15) is 0 Å². The van der Waals surface area contributed by atoms with Crippen LogP contribution in [0.25, 0.3) is 0 Å².